The number of esters is 1. The SMILES string of the molecule is CCOC(=O)C(C)OCC(C)(C)CC(C)(C)C. The van der Waals surface area contributed by atoms with Crippen molar-refractivity contribution in [2.24, 2.45) is 10.8 Å². The molecule has 0 spiro atoms. The first-order chi connectivity index (χ1) is 7.57. The molecular weight excluding hydrogens is 216 g/mol. The molecule has 0 aromatic carbocycles. The van der Waals surface area contributed by atoms with Gasteiger partial charge in [0.25, 0.3) is 0 Å². The van der Waals surface area contributed by atoms with E-state index in [2.05, 4.69) is 34.6 Å². The first-order valence-corrected chi connectivity index (χ1v) is 6.36. The zero-order valence-corrected chi connectivity index (χ0v) is 12.4. The van der Waals surface area contributed by atoms with Crippen LogP contribution < -0.4 is 0 Å². The lowest BCUT2D eigenvalue weighted by molar-refractivity contribution is -0.157. The number of carbonyl (C=O) groups is 1. The summed E-state index contributed by atoms with van der Waals surface area (Å²) >= 11 is 0. The molecule has 0 bridgehead atoms. The van der Waals surface area contributed by atoms with Gasteiger partial charge >= 0.3 is 5.97 Å². The molecule has 1 atom stereocenters. The van der Waals surface area contributed by atoms with Crippen LogP contribution in [0.3, 0.4) is 0 Å². The fraction of sp³-hybridized carbons (Fsp3) is 0.929. The van der Waals surface area contributed by atoms with Crippen molar-refractivity contribution in [1.29, 1.82) is 0 Å². The summed E-state index contributed by atoms with van der Waals surface area (Å²) in [5.74, 6) is -0.279. The summed E-state index contributed by atoms with van der Waals surface area (Å²) in [6.07, 6.45) is 0.574. The van der Waals surface area contributed by atoms with Crippen LogP contribution in [-0.4, -0.2) is 25.3 Å². The Hall–Kier alpha value is -0.570. The summed E-state index contributed by atoms with van der Waals surface area (Å²) in [4.78, 5) is 11.4. The van der Waals surface area contributed by atoms with E-state index in [9.17, 15) is 4.79 Å². The molecule has 0 saturated carbocycles. The van der Waals surface area contributed by atoms with Gasteiger partial charge in [0.15, 0.2) is 6.10 Å². The topological polar surface area (TPSA) is 35.5 Å². The monoisotopic (exact) mass is 244 g/mol. The highest BCUT2D eigenvalue weighted by molar-refractivity contribution is 5.74. The molecule has 0 N–H and O–H groups in total. The predicted molar refractivity (Wildman–Crippen MR) is 69.9 cm³/mol. The van der Waals surface area contributed by atoms with Crippen LogP contribution in [0, 0.1) is 10.8 Å². The van der Waals surface area contributed by atoms with Gasteiger partial charge in [-0.15, -0.1) is 0 Å². The van der Waals surface area contributed by atoms with Crippen molar-refractivity contribution in [3.8, 4) is 0 Å². The zero-order chi connectivity index (χ0) is 13.7. The van der Waals surface area contributed by atoms with Gasteiger partial charge in [-0.1, -0.05) is 34.6 Å². The van der Waals surface area contributed by atoms with E-state index in [-0.39, 0.29) is 16.8 Å². The van der Waals surface area contributed by atoms with Crippen LogP contribution in [0.5, 0.6) is 0 Å². The molecule has 0 amide bonds. The Morgan fingerprint density at radius 1 is 1.18 bits per heavy atom. The van der Waals surface area contributed by atoms with Gasteiger partial charge < -0.3 is 9.47 Å². The van der Waals surface area contributed by atoms with Crippen LogP contribution in [0.2, 0.25) is 0 Å². The fourth-order valence-corrected chi connectivity index (χ4v) is 2.16. The molecule has 0 rings (SSSR count). The Labute approximate surface area is 106 Å². The van der Waals surface area contributed by atoms with Crippen molar-refractivity contribution in [1.82, 2.24) is 0 Å². The first kappa shape index (κ1) is 16.4. The van der Waals surface area contributed by atoms with Crippen molar-refractivity contribution in [2.75, 3.05) is 13.2 Å². The van der Waals surface area contributed by atoms with Gasteiger partial charge in [0.1, 0.15) is 0 Å². The highest BCUT2D eigenvalue weighted by Gasteiger charge is 2.27. The Morgan fingerprint density at radius 3 is 2.12 bits per heavy atom. The summed E-state index contributed by atoms with van der Waals surface area (Å²) in [6.45, 7) is 15.5. The smallest absolute Gasteiger partial charge is 0.334 e. The lowest BCUT2D eigenvalue weighted by Gasteiger charge is -2.32. The molecule has 0 aliphatic carbocycles. The van der Waals surface area contributed by atoms with E-state index < -0.39 is 6.10 Å². The summed E-state index contributed by atoms with van der Waals surface area (Å²) in [5.41, 5.74) is 0.332. The van der Waals surface area contributed by atoms with Crippen molar-refractivity contribution < 1.29 is 14.3 Å². The minimum absolute atomic E-state index is 0.0685. The number of hydrogen-bond donors (Lipinski definition) is 0. The maximum absolute atomic E-state index is 11.4. The second kappa shape index (κ2) is 6.39. The van der Waals surface area contributed by atoms with Crippen LogP contribution >= 0.6 is 0 Å². The number of hydrogen-bond acceptors (Lipinski definition) is 3. The average Bonchev–Trinajstić information content (AvgIpc) is 2.10. The van der Waals surface area contributed by atoms with Gasteiger partial charge in [0.2, 0.25) is 0 Å². The molecule has 0 saturated heterocycles. The Kier molecular flexibility index (Phi) is 6.17. The maximum Gasteiger partial charge on any atom is 0.334 e. The molecule has 0 aliphatic rings. The van der Waals surface area contributed by atoms with Crippen LogP contribution in [0.15, 0.2) is 0 Å². The van der Waals surface area contributed by atoms with E-state index in [0.717, 1.165) is 6.42 Å². The van der Waals surface area contributed by atoms with Crippen molar-refractivity contribution in [3.63, 3.8) is 0 Å². The summed E-state index contributed by atoms with van der Waals surface area (Å²) < 4.78 is 10.5. The maximum atomic E-state index is 11.4. The molecular formula is C14H28O3. The molecule has 102 valence electrons. The van der Waals surface area contributed by atoms with Crippen molar-refractivity contribution in [2.45, 2.75) is 61.0 Å². The van der Waals surface area contributed by atoms with Crippen LogP contribution in [0.25, 0.3) is 0 Å². The van der Waals surface area contributed by atoms with Gasteiger partial charge in [-0.2, -0.15) is 0 Å². The van der Waals surface area contributed by atoms with E-state index >= 15 is 0 Å². The number of ether oxygens (including phenoxy) is 2. The third-order valence-electron chi connectivity index (χ3n) is 2.35. The summed E-state index contributed by atoms with van der Waals surface area (Å²) in [7, 11) is 0. The minimum atomic E-state index is -0.478. The summed E-state index contributed by atoms with van der Waals surface area (Å²) in [5, 5.41) is 0. The van der Waals surface area contributed by atoms with Crippen LogP contribution in [0.4, 0.5) is 0 Å². The molecule has 1 unspecified atom stereocenters. The average molecular weight is 244 g/mol. The quantitative estimate of drug-likeness (QED) is 0.672. The first-order valence-electron chi connectivity index (χ1n) is 6.36. The molecule has 3 heteroatoms. The molecule has 0 aliphatic heterocycles. The Balaban J connectivity index is 4.13. The Morgan fingerprint density at radius 2 is 1.71 bits per heavy atom. The van der Waals surface area contributed by atoms with Crippen LogP contribution in [-0.2, 0) is 14.3 Å². The highest BCUT2D eigenvalue weighted by atomic mass is 16.6. The molecule has 0 aromatic rings. The molecule has 0 fully saturated rings. The van der Waals surface area contributed by atoms with Gasteiger partial charge in [0, 0.05) is 0 Å². The van der Waals surface area contributed by atoms with Gasteiger partial charge in [-0.05, 0) is 31.1 Å². The normalized spacial score (nSPS) is 14.5. The van der Waals surface area contributed by atoms with Gasteiger partial charge in [0.05, 0.1) is 13.2 Å². The fourth-order valence-electron chi connectivity index (χ4n) is 2.16. The van der Waals surface area contributed by atoms with E-state index in [0.29, 0.717) is 13.2 Å². The number of rotatable bonds is 6. The van der Waals surface area contributed by atoms with Gasteiger partial charge in [-0.3, -0.25) is 0 Å². The predicted octanol–water partition coefficient (Wildman–Crippen LogP) is 3.42. The van der Waals surface area contributed by atoms with E-state index in [1.54, 1.807) is 13.8 Å². The van der Waals surface area contributed by atoms with E-state index in [4.69, 9.17) is 9.47 Å². The van der Waals surface area contributed by atoms with E-state index in [1.165, 1.54) is 0 Å². The van der Waals surface area contributed by atoms with Gasteiger partial charge in [-0.25, -0.2) is 4.79 Å². The van der Waals surface area contributed by atoms with E-state index in [1.807, 2.05) is 0 Å². The largest absolute Gasteiger partial charge is 0.464 e. The van der Waals surface area contributed by atoms with Crippen molar-refractivity contribution >= 4 is 5.97 Å². The third kappa shape index (κ3) is 8.19. The third-order valence-corrected chi connectivity index (χ3v) is 2.35. The highest BCUT2D eigenvalue weighted by Crippen LogP contribution is 2.33. The molecule has 0 aromatic heterocycles. The lowest BCUT2D eigenvalue weighted by atomic mass is 9.77. The molecule has 0 radical (unpaired) electrons. The van der Waals surface area contributed by atoms with Crippen molar-refractivity contribution in [3.05, 3.63) is 0 Å². The second-order valence-electron chi connectivity index (χ2n) is 6.61. The zero-order valence-electron chi connectivity index (χ0n) is 12.4. The summed E-state index contributed by atoms with van der Waals surface area (Å²) in [6, 6.07) is 0. The molecule has 0 heterocycles. The van der Waals surface area contributed by atoms with Crippen LogP contribution in [0.1, 0.15) is 54.9 Å². The molecule has 17 heavy (non-hydrogen) atoms. The lowest BCUT2D eigenvalue weighted by Crippen LogP contribution is -2.31. The molecule has 3 nitrogen and oxygen atoms in total. The Bertz CT molecular complexity index is 238. The number of carbonyl (C=O) groups excluding carboxylic acids is 1. The minimum Gasteiger partial charge on any atom is -0.464 e. The standard InChI is InChI=1S/C14H28O3/c1-8-16-12(15)11(2)17-10-14(6,7)9-13(3,4)5/h11H,8-10H2,1-7H3. The second-order valence-corrected chi connectivity index (χ2v) is 6.61.